The van der Waals surface area contributed by atoms with Crippen molar-refractivity contribution >= 4 is 23.2 Å². The minimum absolute atomic E-state index is 0.0593. The Bertz CT molecular complexity index is 1090. The second-order valence-corrected chi connectivity index (χ2v) is 8.27. The van der Waals surface area contributed by atoms with Crippen molar-refractivity contribution in [2.24, 2.45) is 5.92 Å². The molecule has 5 rings (SSSR count). The van der Waals surface area contributed by atoms with E-state index in [9.17, 15) is 4.79 Å². The molecule has 2 N–H and O–H groups in total. The zero-order valence-corrected chi connectivity index (χ0v) is 17.3. The number of rotatable bonds is 8. The minimum Gasteiger partial charge on any atom is -0.493 e. The van der Waals surface area contributed by atoms with Crippen molar-refractivity contribution in [3.63, 3.8) is 0 Å². The highest BCUT2D eigenvalue weighted by molar-refractivity contribution is 5.76. The van der Waals surface area contributed by atoms with Crippen molar-refractivity contribution in [2.75, 3.05) is 24.6 Å². The number of aromatic nitrogens is 1. The number of hydrogen-bond acceptors (Lipinski definition) is 6. The van der Waals surface area contributed by atoms with Gasteiger partial charge in [-0.05, 0) is 55.5 Å². The Morgan fingerprint density at radius 3 is 2.84 bits per heavy atom. The third kappa shape index (κ3) is 4.52. The smallest absolute Gasteiger partial charge is 0.405 e. The molecular formula is C23H25N3O5. The Kier molecular flexibility index (Phi) is 5.05. The van der Waals surface area contributed by atoms with E-state index in [1.165, 1.54) is 12.8 Å². The van der Waals surface area contributed by atoms with Gasteiger partial charge in [-0.25, -0.2) is 4.79 Å². The van der Waals surface area contributed by atoms with Gasteiger partial charge in [-0.3, -0.25) is 0 Å². The molecule has 2 fully saturated rings. The van der Waals surface area contributed by atoms with Crippen LogP contribution in [0.2, 0.25) is 0 Å². The topological polar surface area (TPSA) is 97.1 Å². The number of hydrogen-bond donors (Lipinski definition) is 2. The number of fused-ring (bicyclic) bond motifs is 1. The average Bonchev–Trinajstić information content (AvgIpc) is 3.45. The summed E-state index contributed by atoms with van der Waals surface area (Å²) in [6.45, 7) is 3.94. The summed E-state index contributed by atoms with van der Waals surface area (Å²) in [7, 11) is 0. The van der Waals surface area contributed by atoms with Gasteiger partial charge in [0.25, 0.3) is 6.01 Å². The Balaban J connectivity index is 1.18. The summed E-state index contributed by atoms with van der Waals surface area (Å²) in [6.07, 6.45) is 1.54. The third-order valence-corrected chi connectivity index (χ3v) is 5.65. The molecule has 1 amide bonds. The van der Waals surface area contributed by atoms with Gasteiger partial charge in [0.15, 0.2) is 5.58 Å². The van der Waals surface area contributed by atoms with Gasteiger partial charge in [0.1, 0.15) is 23.1 Å². The van der Waals surface area contributed by atoms with Crippen LogP contribution in [0.1, 0.15) is 31.4 Å². The molecule has 2 aromatic carbocycles. The number of benzene rings is 2. The van der Waals surface area contributed by atoms with Crippen molar-refractivity contribution in [1.29, 1.82) is 0 Å². The average molecular weight is 423 g/mol. The second-order valence-electron chi connectivity index (χ2n) is 8.27. The zero-order valence-electron chi connectivity index (χ0n) is 17.3. The predicted molar refractivity (Wildman–Crippen MR) is 115 cm³/mol. The number of oxazole rings is 1. The molecule has 8 heteroatoms. The summed E-state index contributed by atoms with van der Waals surface area (Å²) < 4.78 is 17.8. The molecule has 2 aliphatic rings. The fraction of sp³-hybridized carbons (Fsp3) is 0.391. The minimum atomic E-state index is -1.06. The normalized spacial score (nSPS) is 17.3. The monoisotopic (exact) mass is 423 g/mol. The molecule has 1 saturated carbocycles. The van der Waals surface area contributed by atoms with E-state index in [2.05, 4.69) is 10.3 Å². The summed E-state index contributed by atoms with van der Waals surface area (Å²) in [5, 5.41) is 11.3. The van der Waals surface area contributed by atoms with Gasteiger partial charge < -0.3 is 29.2 Å². The molecule has 8 nitrogen and oxygen atoms in total. The number of carboxylic acid groups (broad SMARTS) is 1. The number of anilines is 1. The van der Waals surface area contributed by atoms with Crippen molar-refractivity contribution in [3.05, 3.63) is 48.0 Å². The van der Waals surface area contributed by atoms with E-state index in [1.807, 2.05) is 47.4 Å². The molecule has 1 unspecified atom stereocenters. The Morgan fingerprint density at radius 1 is 1.26 bits per heavy atom. The maximum absolute atomic E-state index is 10.9. The van der Waals surface area contributed by atoms with Gasteiger partial charge in [-0.15, -0.1) is 0 Å². The number of carbonyl (C=O) groups is 1. The van der Waals surface area contributed by atoms with Crippen molar-refractivity contribution < 1.29 is 23.8 Å². The van der Waals surface area contributed by atoms with Gasteiger partial charge in [0, 0.05) is 6.07 Å². The van der Waals surface area contributed by atoms with Crippen LogP contribution in [0.15, 0.2) is 46.9 Å². The zero-order chi connectivity index (χ0) is 21.4. The Labute approximate surface area is 179 Å². The van der Waals surface area contributed by atoms with Gasteiger partial charge in [0.05, 0.1) is 25.7 Å². The fourth-order valence-electron chi connectivity index (χ4n) is 3.60. The van der Waals surface area contributed by atoms with E-state index in [-0.39, 0.29) is 12.1 Å². The van der Waals surface area contributed by atoms with Crippen LogP contribution < -0.4 is 19.7 Å². The summed E-state index contributed by atoms with van der Waals surface area (Å²) in [5.74, 6) is 2.37. The number of ether oxygens (including phenoxy) is 2. The van der Waals surface area contributed by atoms with Gasteiger partial charge in [-0.2, -0.15) is 4.98 Å². The van der Waals surface area contributed by atoms with Crippen LogP contribution in [-0.2, 0) is 0 Å². The lowest BCUT2D eigenvalue weighted by atomic mass is 10.1. The molecule has 1 saturated heterocycles. The van der Waals surface area contributed by atoms with E-state index < -0.39 is 6.09 Å². The first-order valence-corrected chi connectivity index (χ1v) is 10.6. The molecule has 1 aromatic heterocycles. The molecule has 0 radical (unpaired) electrons. The maximum atomic E-state index is 10.9. The van der Waals surface area contributed by atoms with Crippen molar-refractivity contribution in [1.82, 2.24) is 10.3 Å². The highest BCUT2D eigenvalue weighted by Gasteiger charge is 2.32. The third-order valence-electron chi connectivity index (χ3n) is 5.65. The van der Waals surface area contributed by atoms with Crippen molar-refractivity contribution in [3.8, 4) is 11.5 Å². The molecule has 162 valence electrons. The first kappa shape index (κ1) is 19.5. The van der Waals surface area contributed by atoms with Crippen LogP contribution in [0.25, 0.3) is 11.1 Å². The Hall–Kier alpha value is -3.42. The molecular weight excluding hydrogens is 398 g/mol. The Morgan fingerprint density at radius 2 is 2.06 bits per heavy atom. The molecule has 2 heterocycles. The highest BCUT2D eigenvalue weighted by Crippen LogP contribution is 2.31. The molecule has 3 aromatic rings. The largest absolute Gasteiger partial charge is 0.493 e. The van der Waals surface area contributed by atoms with Crippen LogP contribution >= 0.6 is 0 Å². The van der Waals surface area contributed by atoms with Crippen LogP contribution in [0, 0.1) is 5.92 Å². The lowest BCUT2D eigenvalue weighted by molar-refractivity contribution is 0.162. The van der Waals surface area contributed by atoms with Gasteiger partial charge in [0.2, 0.25) is 0 Å². The van der Waals surface area contributed by atoms with E-state index in [1.54, 1.807) is 6.92 Å². The van der Waals surface area contributed by atoms with E-state index in [0.717, 1.165) is 29.2 Å². The van der Waals surface area contributed by atoms with Crippen LogP contribution in [0.5, 0.6) is 11.5 Å². The summed E-state index contributed by atoms with van der Waals surface area (Å²) >= 11 is 0. The van der Waals surface area contributed by atoms with E-state index in [4.69, 9.17) is 19.0 Å². The molecule has 1 aliphatic carbocycles. The SMILES string of the molecule is CC(NC(=O)O)c1ccc2nc(N3CC(Oc4cccc(OCC5CC5)c4)C3)oc2c1. The second kappa shape index (κ2) is 8.02. The maximum Gasteiger partial charge on any atom is 0.405 e. The molecule has 0 bridgehead atoms. The van der Waals surface area contributed by atoms with Crippen LogP contribution in [0.3, 0.4) is 0 Å². The quantitative estimate of drug-likeness (QED) is 0.560. The summed E-state index contributed by atoms with van der Waals surface area (Å²) in [4.78, 5) is 17.4. The summed E-state index contributed by atoms with van der Waals surface area (Å²) in [6, 6.07) is 13.5. The standard InChI is InChI=1S/C23H25N3O5/c1-14(24-23(27)28)16-7-8-20-21(9-16)31-22(25-20)26-11-19(12-26)30-18-4-2-3-17(10-18)29-13-15-5-6-15/h2-4,7-10,14-15,19,24H,5-6,11-13H2,1H3,(H,27,28). The summed E-state index contributed by atoms with van der Waals surface area (Å²) in [5.41, 5.74) is 2.20. The van der Waals surface area contributed by atoms with Crippen LogP contribution in [-0.4, -0.2) is 42.0 Å². The number of nitrogens with zero attached hydrogens (tertiary/aromatic N) is 2. The van der Waals surface area contributed by atoms with Crippen molar-refractivity contribution in [2.45, 2.75) is 31.9 Å². The molecule has 1 aliphatic heterocycles. The predicted octanol–water partition coefficient (Wildman–Crippen LogP) is 4.21. The number of nitrogens with one attached hydrogen (secondary N) is 1. The van der Waals surface area contributed by atoms with Gasteiger partial charge >= 0.3 is 6.09 Å². The molecule has 1 atom stereocenters. The van der Waals surface area contributed by atoms with Crippen LogP contribution in [0.4, 0.5) is 10.8 Å². The lowest BCUT2D eigenvalue weighted by Crippen LogP contribution is -2.54. The molecule has 0 spiro atoms. The molecule has 31 heavy (non-hydrogen) atoms. The highest BCUT2D eigenvalue weighted by atomic mass is 16.5. The van der Waals surface area contributed by atoms with E-state index >= 15 is 0 Å². The van der Waals surface area contributed by atoms with E-state index in [0.29, 0.717) is 30.6 Å². The van der Waals surface area contributed by atoms with Gasteiger partial charge in [-0.1, -0.05) is 12.1 Å². The first-order chi connectivity index (χ1) is 15.0. The first-order valence-electron chi connectivity index (χ1n) is 10.6. The fourth-order valence-corrected chi connectivity index (χ4v) is 3.60. The number of amides is 1. The lowest BCUT2D eigenvalue weighted by Gasteiger charge is -2.37.